The molecule has 6 heteroatoms. The van der Waals surface area contributed by atoms with Crippen molar-refractivity contribution in [2.24, 2.45) is 0 Å². The van der Waals surface area contributed by atoms with E-state index in [2.05, 4.69) is 0 Å². The van der Waals surface area contributed by atoms with E-state index in [4.69, 9.17) is 0 Å². The second-order valence-electron chi connectivity index (χ2n) is 4.03. The van der Waals surface area contributed by atoms with Crippen molar-refractivity contribution < 1.29 is 13.2 Å². The van der Waals surface area contributed by atoms with E-state index < -0.39 is 10.0 Å². The van der Waals surface area contributed by atoms with Crippen LogP contribution >= 0.6 is 0 Å². The predicted octanol–water partition coefficient (Wildman–Crippen LogP) is 0.931. The molecule has 0 heterocycles. The summed E-state index contributed by atoms with van der Waals surface area (Å²) in [6.45, 7) is 1.39. The lowest BCUT2D eigenvalue weighted by molar-refractivity contribution is -0.127. The molecule has 0 saturated carbocycles. The molecule has 100 valence electrons. The van der Waals surface area contributed by atoms with Gasteiger partial charge in [-0.25, -0.2) is 8.42 Å². The fraction of sp³-hybridized carbons (Fsp3) is 0.417. The van der Waals surface area contributed by atoms with Gasteiger partial charge in [-0.3, -0.25) is 9.10 Å². The first kappa shape index (κ1) is 14.5. The van der Waals surface area contributed by atoms with E-state index in [1.807, 2.05) is 0 Å². The first-order chi connectivity index (χ1) is 8.38. The van der Waals surface area contributed by atoms with Gasteiger partial charge in [0.2, 0.25) is 15.9 Å². The SMILES string of the molecule is CCS(=O)(=O)N(CC(=O)N(C)C)c1ccccc1. The highest BCUT2D eigenvalue weighted by Crippen LogP contribution is 2.17. The van der Waals surface area contributed by atoms with Crippen molar-refractivity contribution in [2.45, 2.75) is 6.92 Å². The Morgan fingerprint density at radius 2 is 1.72 bits per heavy atom. The molecule has 0 atom stereocenters. The quantitative estimate of drug-likeness (QED) is 0.800. The van der Waals surface area contributed by atoms with Gasteiger partial charge >= 0.3 is 0 Å². The van der Waals surface area contributed by atoms with Gasteiger partial charge in [-0.2, -0.15) is 0 Å². The van der Waals surface area contributed by atoms with Crippen molar-refractivity contribution >= 4 is 21.6 Å². The highest BCUT2D eigenvalue weighted by Gasteiger charge is 2.23. The maximum absolute atomic E-state index is 12.0. The third kappa shape index (κ3) is 3.46. The van der Waals surface area contributed by atoms with Crippen LogP contribution in [-0.2, 0) is 14.8 Å². The summed E-state index contributed by atoms with van der Waals surface area (Å²) in [5, 5.41) is 0. The van der Waals surface area contributed by atoms with Gasteiger partial charge < -0.3 is 4.90 Å². The zero-order valence-electron chi connectivity index (χ0n) is 10.8. The minimum absolute atomic E-state index is 0.0391. The number of hydrogen-bond donors (Lipinski definition) is 0. The first-order valence-corrected chi connectivity index (χ1v) is 7.25. The summed E-state index contributed by atoms with van der Waals surface area (Å²) in [5.41, 5.74) is 0.509. The number of carbonyl (C=O) groups excluding carboxylic acids is 1. The summed E-state index contributed by atoms with van der Waals surface area (Å²) in [4.78, 5) is 13.1. The number of amides is 1. The minimum Gasteiger partial charge on any atom is -0.347 e. The minimum atomic E-state index is -3.46. The van der Waals surface area contributed by atoms with Gasteiger partial charge in [0, 0.05) is 14.1 Å². The van der Waals surface area contributed by atoms with E-state index in [0.29, 0.717) is 5.69 Å². The first-order valence-electron chi connectivity index (χ1n) is 5.64. The van der Waals surface area contributed by atoms with Crippen molar-refractivity contribution in [1.82, 2.24) is 4.90 Å². The maximum Gasteiger partial charge on any atom is 0.242 e. The zero-order valence-corrected chi connectivity index (χ0v) is 11.6. The van der Waals surface area contributed by atoms with Gasteiger partial charge in [-0.1, -0.05) is 18.2 Å². The fourth-order valence-corrected chi connectivity index (χ4v) is 2.43. The van der Waals surface area contributed by atoms with Gasteiger partial charge in [0.05, 0.1) is 11.4 Å². The topological polar surface area (TPSA) is 57.7 Å². The van der Waals surface area contributed by atoms with Crippen LogP contribution in [0.2, 0.25) is 0 Å². The summed E-state index contributed by atoms with van der Waals surface area (Å²) < 4.78 is 25.2. The van der Waals surface area contributed by atoms with E-state index in [0.717, 1.165) is 4.31 Å². The Morgan fingerprint density at radius 1 is 1.17 bits per heavy atom. The summed E-state index contributed by atoms with van der Waals surface area (Å²) in [6, 6.07) is 8.64. The molecule has 18 heavy (non-hydrogen) atoms. The molecule has 0 aliphatic rings. The van der Waals surface area contributed by atoms with Crippen LogP contribution in [0, 0.1) is 0 Å². The number of rotatable bonds is 5. The summed E-state index contributed by atoms with van der Waals surface area (Å²) in [7, 11) is -0.254. The summed E-state index contributed by atoms with van der Waals surface area (Å²) >= 11 is 0. The van der Waals surface area contributed by atoms with Crippen LogP contribution in [0.25, 0.3) is 0 Å². The summed E-state index contributed by atoms with van der Waals surface area (Å²) in [6.07, 6.45) is 0. The number of carbonyl (C=O) groups is 1. The van der Waals surface area contributed by atoms with E-state index >= 15 is 0 Å². The van der Waals surface area contributed by atoms with Crippen LogP contribution in [0.15, 0.2) is 30.3 Å². The Kier molecular flexibility index (Phi) is 4.72. The Morgan fingerprint density at radius 3 is 2.17 bits per heavy atom. The molecule has 5 nitrogen and oxygen atoms in total. The lowest BCUT2D eigenvalue weighted by Gasteiger charge is -2.24. The van der Waals surface area contributed by atoms with Gasteiger partial charge in [0.15, 0.2) is 0 Å². The van der Waals surface area contributed by atoms with E-state index in [9.17, 15) is 13.2 Å². The molecule has 0 spiro atoms. The predicted molar refractivity (Wildman–Crippen MR) is 71.9 cm³/mol. The smallest absolute Gasteiger partial charge is 0.242 e. The Bertz CT molecular complexity index is 497. The van der Waals surface area contributed by atoms with Crippen molar-refractivity contribution in [3.63, 3.8) is 0 Å². The molecule has 0 radical (unpaired) electrons. The maximum atomic E-state index is 12.0. The van der Waals surface area contributed by atoms with Crippen molar-refractivity contribution in [3.8, 4) is 0 Å². The third-order valence-electron chi connectivity index (χ3n) is 2.52. The summed E-state index contributed by atoms with van der Waals surface area (Å²) in [5.74, 6) is -0.293. The number of nitrogens with zero attached hydrogens (tertiary/aromatic N) is 2. The zero-order chi connectivity index (χ0) is 13.8. The number of anilines is 1. The van der Waals surface area contributed by atoms with Crippen LogP contribution < -0.4 is 4.31 Å². The molecule has 1 amide bonds. The van der Waals surface area contributed by atoms with Crippen LogP contribution in [0.3, 0.4) is 0 Å². The molecule has 1 aromatic carbocycles. The monoisotopic (exact) mass is 270 g/mol. The number of benzene rings is 1. The second-order valence-corrected chi connectivity index (χ2v) is 6.21. The lowest BCUT2D eigenvalue weighted by Crippen LogP contribution is -2.41. The van der Waals surface area contributed by atoms with Crippen LogP contribution in [-0.4, -0.2) is 45.6 Å². The molecule has 0 unspecified atom stereocenters. The molecule has 1 aromatic rings. The second kappa shape index (κ2) is 5.86. The normalized spacial score (nSPS) is 11.1. The average molecular weight is 270 g/mol. The van der Waals surface area contributed by atoms with Crippen molar-refractivity contribution in [3.05, 3.63) is 30.3 Å². The third-order valence-corrected chi connectivity index (χ3v) is 4.26. The van der Waals surface area contributed by atoms with Gasteiger partial charge in [-0.05, 0) is 19.1 Å². The number of likely N-dealkylation sites (N-methyl/N-ethyl adjacent to an activating group) is 1. The molecule has 0 bridgehead atoms. The van der Waals surface area contributed by atoms with E-state index in [-0.39, 0.29) is 18.2 Å². The van der Waals surface area contributed by atoms with Crippen LogP contribution in [0.4, 0.5) is 5.69 Å². The Hall–Kier alpha value is -1.56. The van der Waals surface area contributed by atoms with Gasteiger partial charge in [-0.15, -0.1) is 0 Å². The molecule has 0 aromatic heterocycles. The number of para-hydroxylation sites is 1. The van der Waals surface area contributed by atoms with E-state index in [1.165, 1.54) is 4.90 Å². The molecule has 0 aliphatic carbocycles. The Labute approximate surface area is 108 Å². The van der Waals surface area contributed by atoms with Crippen LogP contribution in [0.1, 0.15) is 6.92 Å². The lowest BCUT2D eigenvalue weighted by atomic mass is 10.3. The Balaban J connectivity index is 3.09. The molecule has 1 rings (SSSR count). The highest BCUT2D eigenvalue weighted by molar-refractivity contribution is 7.92. The molecular weight excluding hydrogens is 252 g/mol. The number of hydrogen-bond acceptors (Lipinski definition) is 3. The highest BCUT2D eigenvalue weighted by atomic mass is 32.2. The molecular formula is C12H18N2O3S. The van der Waals surface area contributed by atoms with Gasteiger partial charge in [0.1, 0.15) is 6.54 Å². The van der Waals surface area contributed by atoms with Crippen molar-refractivity contribution in [1.29, 1.82) is 0 Å². The molecule has 0 aliphatic heterocycles. The largest absolute Gasteiger partial charge is 0.347 e. The number of sulfonamides is 1. The van der Waals surface area contributed by atoms with Gasteiger partial charge in [0.25, 0.3) is 0 Å². The molecule has 0 N–H and O–H groups in total. The molecule has 0 fully saturated rings. The van der Waals surface area contributed by atoms with Crippen molar-refractivity contribution in [2.75, 3.05) is 30.7 Å². The van der Waals surface area contributed by atoms with Crippen LogP contribution in [0.5, 0.6) is 0 Å². The molecule has 0 saturated heterocycles. The fourth-order valence-electron chi connectivity index (χ4n) is 1.36. The average Bonchev–Trinajstić information content (AvgIpc) is 2.36. The standard InChI is InChI=1S/C12H18N2O3S/c1-4-18(16,17)14(10-12(15)13(2)3)11-8-6-5-7-9-11/h5-9H,4,10H2,1-3H3. The van der Waals surface area contributed by atoms with E-state index in [1.54, 1.807) is 51.4 Å².